The van der Waals surface area contributed by atoms with Crippen LogP contribution in [0.2, 0.25) is 44.5 Å². The van der Waals surface area contributed by atoms with Gasteiger partial charge in [-0.1, -0.05) is 106 Å². The fourth-order valence-corrected chi connectivity index (χ4v) is 35.4. The summed E-state index contributed by atoms with van der Waals surface area (Å²) in [6, 6.07) is 37.2. The Morgan fingerprint density at radius 1 is 0.308 bits per heavy atom. The van der Waals surface area contributed by atoms with Gasteiger partial charge in [0.1, 0.15) is 0 Å². The Kier molecular flexibility index (Phi) is 36.0. The second kappa shape index (κ2) is 43.2. The summed E-state index contributed by atoms with van der Waals surface area (Å²) in [6.07, 6.45) is 33.0. The number of carbonyl (C=O) groups excluding carboxylic acids is 2. The molecule has 0 bridgehead atoms. The summed E-state index contributed by atoms with van der Waals surface area (Å²) >= 11 is 14.6. The Hall–Kier alpha value is -1.79. The maximum absolute atomic E-state index is 11.8. The Bertz CT molecular complexity index is 4440. The van der Waals surface area contributed by atoms with E-state index in [-0.39, 0.29) is 19.0 Å². The van der Waals surface area contributed by atoms with Gasteiger partial charge in [0.15, 0.2) is 0 Å². The Balaban J connectivity index is 0.000000179. The van der Waals surface area contributed by atoms with Gasteiger partial charge < -0.3 is 0 Å². The van der Waals surface area contributed by atoms with E-state index < -0.39 is 54.0 Å². The van der Waals surface area contributed by atoms with Crippen molar-refractivity contribution in [3.05, 3.63) is 169 Å². The zero-order chi connectivity index (χ0) is 75.5. The molecule has 0 unspecified atom stereocenters. The molecule has 0 fully saturated rings. The molecule has 11 aromatic heterocycles. The van der Waals surface area contributed by atoms with Crippen molar-refractivity contribution < 1.29 is 9.59 Å². The standard InChI is InChI=1S/C30H34S4.C30H32S4.C10H4O2S2.C10H16S.CH4.9CH3.ClH.3Sn/c2*1-3-5-7-9-11-21-13-15-25(33-21)27-23-17-19-32-30(23)28(24-18-20-31-29(24)27)26-16-14-22(34-26)12-10-8-6-4-2;11-7-5-1-3-13-9(5)8(12)6-2-4-14-10(6)7;1-2-3-4-5-7-10-8-6-9-11-10;;;;;;;;;;;;;;/h13-20H,3-12H2,1-2H3;13-18H,3-12H2,1-2H3;1-4H;6,8-9H,2-5,7H2,1H3;1H4;9*1H3;1H;;;/q;;;;;;;;;;;;;;;;;+1/p-1. The van der Waals surface area contributed by atoms with Crippen molar-refractivity contribution in [2.45, 2.75) is 247 Å². The molecule has 17 heteroatoms. The third-order valence-electron chi connectivity index (χ3n) is 19.1. The second-order valence-corrected chi connectivity index (χ2v) is 93.0. The molecule has 0 amide bonds. The molecule has 0 radical (unpaired) electrons. The molecule has 1 aliphatic rings. The van der Waals surface area contributed by atoms with E-state index in [0.29, 0.717) is 20.9 Å². The number of hydrogen-bond donors (Lipinski definition) is 0. The minimum absolute atomic E-state index is 0. The van der Waals surface area contributed by atoms with Crippen molar-refractivity contribution in [2.24, 2.45) is 0 Å². The summed E-state index contributed by atoms with van der Waals surface area (Å²) in [5.41, 5.74) is 7.16. The van der Waals surface area contributed by atoms with Crippen molar-refractivity contribution in [3.63, 3.8) is 0 Å². The summed E-state index contributed by atoms with van der Waals surface area (Å²) in [6.45, 7) is 11.4. The molecule has 14 rings (SSSR count). The number of rotatable bonds is 31. The molecule has 107 heavy (non-hydrogen) atoms. The first-order valence-electron chi connectivity index (χ1n) is 39.3. The second-order valence-electron chi connectivity index (χ2n) is 31.3. The van der Waals surface area contributed by atoms with Crippen molar-refractivity contribution in [3.8, 4) is 41.8 Å². The Morgan fingerprint density at radius 2 is 0.607 bits per heavy atom. The molecule has 0 saturated carbocycles. The normalized spacial score (nSPS) is 12.2. The summed E-state index contributed by atoms with van der Waals surface area (Å²) < 4.78 is 9.45. The first kappa shape index (κ1) is 89.1. The zero-order valence-corrected chi connectivity index (χ0v) is 83.8. The number of hydrogen-bond acceptors (Lipinski definition) is 13. The summed E-state index contributed by atoms with van der Waals surface area (Å²) in [5.74, 6) is -0.0169. The number of fused-ring (bicyclic) bond motifs is 6. The molecule has 2 nitrogen and oxygen atoms in total. The van der Waals surface area contributed by atoms with Crippen LogP contribution in [0.5, 0.6) is 0 Å². The van der Waals surface area contributed by atoms with Gasteiger partial charge in [0.25, 0.3) is 0 Å². The van der Waals surface area contributed by atoms with Gasteiger partial charge in [-0.25, -0.2) is 0 Å². The number of halogens is 1. The van der Waals surface area contributed by atoms with E-state index in [1.165, 1.54) is 244 Å². The van der Waals surface area contributed by atoms with Crippen LogP contribution in [0, 0.1) is 0 Å². The van der Waals surface area contributed by atoms with Gasteiger partial charge in [-0.3, -0.25) is 9.59 Å². The first-order valence-corrected chi connectivity index (χ1v) is 80.7. The topological polar surface area (TPSA) is 34.1 Å². The molecule has 574 valence electrons. The van der Waals surface area contributed by atoms with E-state index in [1.807, 2.05) is 56.7 Å². The average Bonchev–Trinajstić information content (AvgIpc) is 1.58. The van der Waals surface area contributed by atoms with Crippen LogP contribution in [0.3, 0.4) is 0 Å². The fraction of sp³-hybridized carbons (Fsp3) is 0.444. The van der Waals surface area contributed by atoms with Gasteiger partial charge >= 0.3 is 310 Å². The van der Waals surface area contributed by atoms with Gasteiger partial charge in [0.2, 0.25) is 11.6 Å². The molecule has 2 aromatic carbocycles. The Labute approximate surface area is 703 Å². The molecule has 13 aromatic rings. The molecule has 0 N–H and O–H groups in total. The van der Waals surface area contributed by atoms with Crippen LogP contribution in [-0.2, 0) is 32.1 Å². The third-order valence-corrected chi connectivity index (χ3v) is 49.5. The van der Waals surface area contributed by atoms with Crippen LogP contribution in [0.25, 0.3) is 82.1 Å². The van der Waals surface area contributed by atoms with Crippen molar-refractivity contribution in [1.29, 1.82) is 0 Å². The maximum atomic E-state index is 11.8. The molecule has 1 aliphatic carbocycles. The molecule has 0 saturated heterocycles. The van der Waals surface area contributed by atoms with Gasteiger partial charge in [-0.05, 0) is 120 Å². The summed E-state index contributed by atoms with van der Waals surface area (Å²) in [5, 5.41) is 16.3. The average molecular weight is 1980 g/mol. The molecule has 11 heterocycles. The van der Waals surface area contributed by atoms with Crippen LogP contribution in [0.15, 0.2) is 124 Å². The molecule has 0 atom stereocenters. The summed E-state index contributed by atoms with van der Waals surface area (Å²) in [4.78, 5) is 60.5. The summed E-state index contributed by atoms with van der Waals surface area (Å²) in [7, 11) is 5.74. The quantitative estimate of drug-likeness (QED) is 0.0321. The van der Waals surface area contributed by atoms with Gasteiger partial charge in [-0.2, -0.15) is 0 Å². The number of carbonyl (C=O) groups is 2. The van der Waals surface area contributed by atoms with Crippen LogP contribution in [0.1, 0.15) is 225 Å². The van der Waals surface area contributed by atoms with Gasteiger partial charge in [0, 0.05) is 66.8 Å². The first-order chi connectivity index (χ1) is 51.0. The third kappa shape index (κ3) is 24.4. The predicted octanol–water partition coefficient (Wildman–Crippen LogP) is 33.9. The monoisotopic (exact) mass is 1980 g/mol. The van der Waals surface area contributed by atoms with Gasteiger partial charge in [-0.15, -0.1) is 79.4 Å². The van der Waals surface area contributed by atoms with Crippen molar-refractivity contribution in [1.82, 2.24) is 0 Å². The van der Waals surface area contributed by atoms with Crippen LogP contribution >= 0.6 is 134 Å². The zero-order valence-electron chi connectivity index (χ0n) is 65.5. The van der Waals surface area contributed by atoms with E-state index in [1.54, 1.807) is 74.6 Å². The number of unbranched alkanes of at least 4 members (excludes halogenated alkanes) is 15. The number of thiophene rings is 11. The Morgan fingerprint density at radius 3 is 0.897 bits per heavy atom. The van der Waals surface area contributed by atoms with Crippen molar-refractivity contribution >= 4 is 245 Å². The van der Waals surface area contributed by atoms with E-state index in [9.17, 15) is 9.59 Å². The number of aryl methyl sites for hydroxylation is 5. The number of ketones is 2. The van der Waals surface area contributed by atoms with E-state index >= 15 is 0 Å². The molecular formula is C90H117ClO2S11Sn3. The van der Waals surface area contributed by atoms with Crippen molar-refractivity contribution in [2.75, 3.05) is 0 Å². The van der Waals surface area contributed by atoms with Gasteiger partial charge in [0.05, 0.1) is 9.75 Å². The molecule has 0 spiro atoms. The number of benzene rings is 2. The molecule has 0 aliphatic heterocycles. The van der Waals surface area contributed by atoms with E-state index in [0.717, 1.165) is 0 Å². The van der Waals surface area contributed by atoms with Crippen LogP contribution in [0.4, 0.5) is 0 Å². The fourth-order valence-electron chi connectivity index (χ4n) is 13.4. The van der Waals surface area contributed by atoms with E-state index in [4.69, 9.17) is 8.92 Å². The van der Waals surface area contributed by atoms with E-state index in [2.05, 4.69) is 225 Å². The minimum atomic E-state index is -2.28. The predicted molar refractivity (Wildman–Crippen MR) is 509 cm³/mol. The SMILES string of the molecule is C.CCCCCCc1ccc(-c2c3c[c]([Sn]([CH3])([CH3])[CH3])sc3c(-c3ccc(CCCCCC)s3)c3c[c]([Sn]([CH3])([CH3])[CH3])sc23)s1.CCCCCCc1ccc(-c2c3ccsc3c(-c3ccc(CCCCCC)s3)c3ccsc23)s1.CCCCCCc1cccs1.O=C1c2ccsc2C(=O)c2ccsc21.[CH3][Sn]([CH3])([CH3])[Cl]. The van der Waals surface area contributed by atoms with Crippen LogP contribution < -0.4 is 5.79 Å². The van der Waals surface area contributed by atoms with Crippen LogP contribution in [-0.4, -0.2) is 65.6 Å². The molecular weight excluding hydrogens is 1860 g/mol.